The number of morpholine rings is 1. The molecular formula is C17H21N3O4S3. The van der Waals surface area contributed by atoms with Gasteiger partial charge in [0.2, 0.25) is 15.9 Å². The summed E-state index contributed by atoms with van der Waals surface area (Å²) >= 11 is 2.93. The van der Waals surface area contributed by atoms with E-state index < -0.39 is 10.0 Å². The van der Waals surface area contributed by atoms with E-state index in [-0.39, 0.29) is 10.8 Å². The summed E-state index contributed by atoms with van der Waals surface area (Å²) in [7, 11) is -3.49. The molecule has 10 heteroatoms. The fourth-order valence-electron chi connectivity index (χ4n) is 2.49. The van der Waals surface area contributed by atoms with E-state index in [1.807, 2.05) is 12.3 Å². The number of nitrogens with zero attached hydrogens (tertiary/aromatic N) is 2. The molecule has 1 aromatic carbocycles. The molecule has 1 N–H and O–H groups in total. The first-order valence-corrected chi connectivity index (χ1v) is 11.7. The number of thiazole rings is 1. The molecule has 27 heavy (non-hydrogen) atoms. The Hall–Kier alpha value is -1.46. The molecule has 1 aliphatic heterocycles. The molecular weight excluding hydrogens is 406 g/mol. The highest BCUT2D eigenvalue weighted by atomic mass is 32.2. The molecule has 0 radical (unpaired) electrons. The Labute approximate surface area is 167 Å². The van der Waals surface area contributed by atoms with Crippen LogP contribution in [0.2, 0.25) is 0 Å². The van der Waals surface area contributed by atoms with Gasteiger partial charge in [0.25, 0.3) is 0 Å². The van der Waals surface area contributed by atoms with Crippen LogP contribution in [0.15, 0.2) is 38.9 Å². The molecule has 1 fully saturated rings. The zero-order valence-electron chi connectivity index (χ0n) is 14.9. The highest BCUT2D eigenvalue weighted by Gasteiger charge is 2.26. The van der Waals surface area contributed by atoms with Gasteiger partial charge in [-0.1, -0.05) is 23.9 Å². The Kier molecular flexibility index (Phi) is 6.88. The molecule has 7 nitrogen and oxygen atoms in total. The van der Waals surface area contributed by atoms with Crippen molar-refractivity contribution >= 4 is 39.0 Å². The number of thioether (sulfide) groups is 1. The fraction of sp³-hybridized carbons (Fsp3) is 0.412. The van der Waals surface area contributed by atoms with Crippen LogP contribution in [-0.4, -0.2) is 55.7 Å². The van der Waals surface area contributed by atoms with Crippen LogP contribution in [0, 0.1) is 6.92 Å². The van der Waals surface area contributed by atoms with E-state index in [1.54, 1.807) is 24.3 Å². The van der Waals surface area contributed by atoms with Crippen molar-refractivity contribution in [3.05, 3.63) is 40.9 Å². The molecule has 1 saturated heterocycles. The molecule has 0 bridgehead atoms. The minimum absolute atomic E-state index is 0.0853. The van der Waals surface area contributed by atoms with E-state index in [0.29, 0.717) is 38.6 Å². The van der Waals surface area contributed by atoms with Crippen molar-refractivity contribution < 1.29 is 17.9 Å². The summed E-state index contributed by atoms with van der Waals surface area (Å²) < 4.78 is 32.7. The summed E-state index contributed by atoms with van der Waals surface area (Å²) in [6.45, 7) is 3.86. The minimum atomic E-state index is -3.49. The average Bonchev–Trinajstić information content (AvgIpc) is 3.11. The van der Waals surface area contributed by atoms with Crippen molar-refractivity contribution in [1.82, 2.24) is 14.6 Å². The van der Waals surface area contributed by atoms with E-state index in [4.69, 9.17) is 4.74 Å². The Morgan fingerprint density at radius 3 is 2.63 bits per heavy atom. The molecule has 146 valence electrons. The maximum Gasteiger partial charge on any atom is 0.243 e. The number of ether oxygens (including phenoxy) is 1. The summed E-state index contributed by atoms with van der Waals surface area (Å²) in [5, 5.41) is 4.79. The number of nitrogens with one attached hydrogen (secondary N) is 1. The van der Waals surface area contributed by atoms with Crippen LogP contribution in [0.25, 0.3) is 0 Å². The third-order valence-corrected chi connectivity index (χ3v) is 8.00. The number of rotatable bonds is 7. The van der Waals surface area contributed by atoms with Gasteiger partial charge in [0, 0.05) is 30.7 Å². The van der Waals surface area contributed by atoms with Crippen molar-refractivity contribution in [2.45, 2.75) is 22.7 Å². The minimum Gasteiger partial charge on any atom is -0.379 e. The topological polar surface area (TPSA) is 88.6 Å². The normalized spacial score (nSPS) is 15.6. The van der Waals surface area contributed by atoms with Gasteiger partial charge >= 0.3 is 0 Å². The number of hydrogen-bond donors (Lipinski definition) is 1. The lowest BCUT2D eigenvalue weighted by atomic mass is 10.2. The van der Waals surface area contributed by atoms with Gasteiger partial charge in [-0.25, -0.2) is 13.4 Å². The number of sulfonamides is 1. The van der Waals surface area contributed by atoms with E-state index in [1.165, 1.54) is 27.4 Å². The number of aryl methyl sites for hydroxylation is 1. The van der Waals surface area contributed by atoms with Crippen LogP contribution >= 0.6 is 23.1 Å². The monoisotopic (exact) mass is 427 g/mol. The molecule has 1 aliphatic rings. The Bertz CT molecular complexity index is 875. The van der Waals surface area contributed by atoms with Crippen LogP contribution < -0.4 is 5.32 Å². The maximum atomic E-state index is 12.6. The van der Waals surface area contributed by atoms with Gasteiger partial charge in [0.05, 0.1) is 23.9 Å². The number of carbonyl (C=O) groups excluding carboxylic acids is 1. The first-order chi connectivity index (χ1) is 12.9. The zero-order chi connectivity index (χ0) is 19.3. The van der Waals surface area contributed by atoms with Gasteiger partial charge in [0.15, 0.2) is 4.34 Å². The average molecular weight is 428 g/mol. The smallest absolute Gasteiger partial charge is 0.243 e. The highest BCUT2D eigenvalue weighted by molar-refractivity contribution is 8.01. The lowest BCUT2D eigenvalue weighted by molar-refractivity contribution is -0.118. The van der Waals surface area contributed by atoms with E-state index in [0.717, 1.165) is 15.6 Å². The molecule has 0 unspecified atom stereocenters. The largest absolute Gasteiger partial charge is 0.379 e. The summed E-state index contributed by atoms with van der Waals surface area (Å²) in [5.74, 6) is 0.217. The van der Waals surface area contributed by atoms with Gasteiger partial charge in [-0.2, -0.15) is 4.31 Å². The molecule has 3 rings (SSSR count). The van der Waals surface area contributed by atoms with Crippen molar-refractivity contribution in [2.75, 3.05) is 32.1 Å². The Morgan fingerprint density at radius 2 is 2.00 bits per heavy atom. The SMILES string of the molecule is Cc1csc(SCC(=O)NCc2ccc(S(=O)(=O)N3CCOCC3)cc2)n1. The number of aromatic nitrogens is 1. The van der Waals surface area contributed by atoms with E-state index >= 15 is 0 Å². The number of amides is 1. The number of hydrogen-bond acceptors (Lipinski definition) is 7. The summed E-state index contributed by atoms with van der Waals surface area (Å²) in [5.41, 5.74) is 1.80. The number of carbonyl (C=O) groups is 1. The van der Waals surface area contributed by atoms with Gasteiger partial charge in [-0.15, -0.1) is 11.3 Å². The first-order valence-electron chi connectivity index (χ1n) is 8.43. The third-order valence-electron chi connectivity index (χ3n) is 3.95. The zero-order valence-corrected chi connectivity index (χ0v) is 17.3. The number of benzene rings is 1. The molecule has 2 aromatic rings. The van der Waals surface area contributed by atoms with Crippen LogP contribution in [0.4, 0.5) is 0 Å². The van der Waals surface area contributed by atoms with Crippen molar-refractivity contribution in [1.29, 1.82) is 0 Å². The van der Waals surface area contributed by atoms with Gasteiger partial charge in [0.1, 0.15) is 0 Å². The summed E-state index contributed by atoms with van der Waals surface area (Å²) in [4.78, 5) is 16.5. The van der Waals surface area contributed by atoms with Crippen LogP contribution in [0.1, 0.15) is 11.3 Å². The van der Waals surface area contributed by atoms with Crippen LogP contribution in [0.3, 0.4) is 0 Å². The molecule has 1 amide bonds. The standard InChI is InChI=1S/C17H21N3O4S3/c1-13-11-25-17(19-13)26-12-16(21)18-10-14-2-4-15(5-3-14)27(22,23)20-6-8-24-9-7-20/h2-5,11H,6-10,12H2,1H3,(H,18,21). The summed E-state index contributed by atoms with van der Waals surface area (Å²) in [6, 6.07) is 6.62. The summed E-state index contributed by atoms with van der Waals surface area (Å²) in [6.07, 6.45) is 0. The molecule has 1 aromatic heterocycles. The molecule has 0 saturated carbocycles. The maximum absolute atomic E-state index is 12.6. The van der Waals surface area contributed by atoms with Crippen molar-refractivity contribution in [3.63, 3.8) is 0 Å². The predicted octanol–water partition coefficient (Wildman–Crippen LogP) is 1.88. The molecule has 0 aliphatic carbocycles. The molecule has 0 spiro atoms. The van der Waals surface area contributed by atoms with Crippen molar-refractivity contribution in [3.8, 4) is 0 Å². The van der Waals surface area contributed by atoms with Gasteiger partial charge in [-0.05, 0) is 24.6 Å². The predicted molar refractivity (Wildman–Crippen MR) is 105 cm³/mol. The Morgan fingerprint density at radius 1 is 1.30 bits per heavy atom. The lowest BCUT2D eigenvalue weighted by Gasteiger charge is -2.26. The second-order valence-corrected chi connectivity index (χ2v) is 10.00. The van der Waals surface area contributed by atoms with Crippen molar-refractivity contribution in [2.24, 2.45) is 0 Å². The fourth-order valence-corrected chi connectivity index (χ4v) is 5.58. The van der Waals surface area contributed by atoms with E-state index in [9.17, 15) is 13.2 Å². The molecule has 0 atom stereocenters. The van der Waals surface area contributed by atoms with E-state index in [2.05, 4.69) is 10.3 Å². The third kappa shape index (κ3) is 5.52. The van der Waals surface area contributed by atoms with Crippen LogP contribution in [-0.2, 0) is 26.1 Å². The van der Waals surface area contributed by atoms with Crippen LogP contribution in [0.5, 0.6) is 0 Å². The first kappa shape index (κ1) is 20.3. The second-order valence-electron chi connectivity index (χ2n) is 5.98. The Balaban J connectivity index is 1.50. The lowest BCUT2D eigenvalue weighted by Crippen LogP contribution is -2.40. The molecule has 2 heterocycles. The quantitative estimate of drug-likeness (QED) is 0.679. The van der Waals surface area contributed by atoms with Gasteiger partial charge < -0.3 is 10.1 Å². The highest BCUT2D eigenvalue weighted by Crippen LogP contribution is 2.22. The van der Waals surface area contributed by atoms with Gasteiger partial charge in [-0.3, -0.25) is 4.79 Å². The second kappa shape index (κ2) is 9.16.